The topological polar surface area (TPSA) is 124 Å². The number of carbonyl (C=O) groups excluding carboxylic acids is 2. The summed E-state index contributed by atoms with van der Waals surface area (Å²) in [5, 5.41) is 24.8. The van der Waals surface area contributed by atoms with Crippen LogP contribution in [0.3, 0.4) is 0 Å². The Bertz CT molecular complexity index is 732. The summed E-state index contributed by atoms with van der Waals surface area (Å²) in [7, 11) is 0. The summed E-state index contributed by atoms with van der Waals surface area (Å²) in [5.41, 5.74) is 2.87. The van der Waals surface area contributed by atoms with Crippen LogP contribution in [0.1, 0.15) is 15.9 Å². The van der Waals surface area contributed by atoms with Crippen LogP contribution >= 0.6 is 0 Å². The van der Waals surface area contributed by atoms with Gasteiger partial charge in [-0.1, -0.05) is 0 Å². The Labute approximate surface area is 131 Å². The van der Waals surface area contributed by atoms with Gasteiger partial charge in [0.25, 0.3) is 11.8 Å². The fraction of sp³-hybridized carbons (Fsp3) is 0.0667. The van der Waals surface area contributed by atoms with E-state index in [1.54, 1.807) is 12.1 Å². The van der Waals surface area contributed by atoms with Gasteiger partial charge in [-0.15, -0.1) is 0 Å². The van der Waals surface area contributed by atoms with E-state index in [0.29, 0.717) is 11.1 Å². The molecule has 118 valence electrons. The zero-order valence-electron chi connectivity index (χ0n) is 11.9. The Morgan fingerprint density at radius 1 is 1.26 bits per heavy atom. The standard InChI is InChI=1S/C15H14N4O4/c20-12-4-3-10(13(21)6-12)8-18-19-14(22)9-17-15(23)11-2-1-5-16-7-11/h1-8,20-21H,9H2,(H,17,23)(H,19,22)/b18-8+. The molecular formula is C15H14N4O4. The number of phenols is 2. The van der Waals surface area contributed by atoms with Crippen LogP contribution in [0.25, 0.3) is 0 Å². The van der Waals surface area contributed by atoms with Crippen molar-refractivity contribution < 1.29 is 19.8 Å². The highest BCUT2D eigenvalue weighted by Gasteiger charge is 2.07. The Kier molecular flexibility index (Phi) is 5.24. The first-order valence-corrected chi connectivity index (χ1v) is 6.58. The molecule has 0 saturated carbocycles. The van der Waals surface area contributed by atoms with Crippen molar-refractivity contribution in [1.82, 2.24) is 15.7 Å². The Morgan fingerprint density at radius 2 is 2.09 bits per heavy atom. The summed E-state index contributed by atoms with van der Waals surface area (Å²) in [5.74, 6) is -1.21. The van der Waals surface area contributed by atoms with Crippen LogP contribution < -0.4 is 10.7 Å². The van der Waals surface area contributed by atoms with Crippen LogP contribution in [-0.4, -0.2) is 39.8 Å². The minimum atomic E-state index is -0.531. The molecular weight excluding hydrogens is 300 g/mol. The van der Waals surface area contributed by atoms with Crippen LogP contribution in [0.5, 0.6) is 11.5 Å². The average Bonchev–Trinajstić information content (AvgIpc) is 2.55. The van der Waals surface area contributed by atoms with Gasteiger partial charge in [-0.3, -0.25) is 14.6 Å². The summed E-state index contributed by atoms with van der Waals surface area (Å²) in [6.07, 6.45) is 4.14. The number of nitrogens with zero attached hydrogens (tertiary/aromatic N) is 2. The number of hydrazone groups is 1. The lowest BCUT2D eigenvalue weighted by atomic mass is 10.2. The van der Waals surface area contributed by atoms with Crippen molar-refractivity contribution in [3.8, 4) is 11.5 Å². The predicted molar refractivity (Wildman–Crippen MR) is 82.1 cm³/mol. The van der Waals surface area contributed by atoms with Gasteiger partial charge in [-0.2, -0.15) is 5.10 Å². The van der Waals surface area contributed by atoms with Crippen molar-refractivity contribution in [2.24, 2.45) is 5.10 Å². The number of hydrogen-bond donors (Lipinski definition) is 4. The zero-order chi connectivity index (χ0) is 16.7. The summed E-state index contributed by atoms with van der Waals surface area (Å²) >= 11 is 0. The molecule has 1 heterocycles. The maximum atomic E-state index is 11.7. The van der Waals surface area contributed by atoms with Crippen molar-refractivity contribution in [1.29, 1.82) is 0 Å². The molecule has 0 bridgehead atoms. The molecule has 0 atom stereocenters. The molecule has 0 saturated heterocycles. The highest BCUT2D eigenvalue weighted by Crippen LogP contribution is 2.20. The maximum absolute atomic E-state index is 11.7. The van der Waals surface area contributed by atoms with E-state index < -0.39 is 11.8 Å². The van der Waals surface area contributed by atoms with Crippen LogP contribution in [0.15, 0.2) is 47.8 Å². The van der Waals surface area contributed by atoms with E-state index in [2.05, 4.69) is 20.8 Å². The maximum Gasteiger partial charge on any atom is 0.259 e. The molecule has 2 rings (SSSR count). The normalized spacial score (nSPS) is 10.4. The van der Waals surface area contributed by atoms with E-state index in [4.69, 9.17) is 5.11 Å². The lowest BCUT2D eigenvalue weighted by molar-refractivity contribution is -0.120. The number of amides is 2. The molecule has 4 N–H and O–H groups in total. The van der Waals surface area contributed by atoms with Gasteiger partial charge < -0.3 is 15.5 Å². The zero-order valence-corrected chi connectivity index (χ0v) is 11.9. The van der Waals surface area contributed by atoms with Crippen LogP contribution in [-0.2, 0) is 4.79 Å². The molecule has 0 unspecified atom stereocenters. The predicted octanol–water partition coefficient (Wildman–Crippen LogP) is 0.373. The SMILES string of the molecule is O=C(CNC(=O)c1cccnc1)N/N=C/c1ccc(O)cc1O. The third kappa shape index (κ3) is 4.81. The molecule has 0 aliphatic rings. The van der Waals surface area contributed by atoms with Gasteiger partial charge in [0.2, 0.25) is 0 Å². The summed E-state index contributed by atoms with van der Waals surface area (Å²) < 4.78 is 0. The smallest absolute Gasteiger partial charge is 0.259 e. The molecule has 0 aliphatic heterocycles. The van der Waals surface area contributed by atoms with Gasteiger partial charge in [0.1, 0.15) is 11.5 Å². The minimum absolute atomic E-state index is 0.0817. The van der Waals surface area contributed by atoms with Gasteiger partial charge in [0.05, 0.1) is 18.3 Å². The van der Waals surface area contributed by atoms with Crippen molar-refractivity contribution in [2.75, 3.05) is 6.54 Å². The number of carbonyl (C=O) groups is 2. The molecule has 0 spiro atoms. The molecule has 0 radical (unpaired) electrons. The second kappa shape index (κ2) is 7.55. The van der Waals surface area contributed by atoms with E-state index in [1.165, 1.54) is 30.7 Å². The van der Waals surface area contributed by atoms with Gasteiger partial charge >= 0.3 is 0 Å². The second-order valence-corrected chi connectivity index (χ2v) is 4.46. The average molecular weight is 314 g/mol. The third-order valence-electron chi connectivity index (χ3n) is 2.74. The first kappa shape index (κ1) is 16.0. The van der Waals surface area contributed by atoms with Crippen molar-refractivity contribution >= 4 is 18.0 Å². The number of nitrogens with one attached hydrogen (secondary N) is 2. The van der Waals surface area contributed by atoms with E-state index in [9.17, 15) is 14.7 Å². The molecule has 1 aromatic carbocycles. The fourth-order valence-electron chi connectivity index (χ4n) is 1.61. The van der Waals surface area contributed by atoms with Gasteiger partial charge in [-0.25, -0.2) is 5.43 Å². The highest BCUT2D eigenvalue weighted by atomic mass is 16.3. The van der Waals surface area contributed by atoms with Crippen LogP contribution in [0.2, 0.25) is 0 Å². The third-order valence-corrected chi connectivity index (χ3v) is 2.74. The van der Waals surface area contributed by atoms with Crippen LogP contribution in [0.4, 0.5) is 0 Å². The quantitative estimate of drug-likeness (QED) is 0.469. The molecule has 23 heavy (non-hydrogen) atoms. The Balaban J connectivity index is 1.81. The number of pyridine rings is 1. The van der Waals surface area contributed by atoms with E-state index >= 15 is 0 Å². The first-order valence-electron chi connectivity index (χ1n) is 6.58. The van der Waals surface area contributed by atoms with Gasteiger partial charge in [0.15, 0.2) is 0 Å². The van der Waals surface area contributed by atoms with Crippen molar-refractivity contribution in [3.05, 3.63) is 53.9 Å². The molecule has 0 aliphatic carbocycles. The number of aromatic nitrogens is 1. The monoisotopic (exact) mass is 314 g/mol. The molecule has 8 nitrogen and oxygen atoms in total. The molecule has 2 amide bonds. The van der Waals surface area contributed by atoms with Gasteiger partial charge in [-0.05, 0) is 24.3 Å². The fourth-order valence-corrected chi connectivity index (χ4v) is 1.61. The summed E-state index contributed by atoms with van der Waals surface area (Å²) in [4.78, 5) is 27.0. The van der Waals surface area contributed by atoms with Crippen molar-refractivity contribution in [2.45, 2.75) is 0 Å². The number of hydrogen-bond acceptors (Lipinski definition) is 6. The number of benzene rings is 1. The molecule has 8 heteroatoms. The number of aromatic hydroxyl groups is 2. The van der Waals surface area contributed by atoms with E-state index in [0.717, 1.165) is 6.07 Å². The lowest BCUT2D eigenvalue weighted by Gasteiger charge is -2.04. The Hall–Kier alpha value is -3.42. The lowest BCUT2D eigenvalue weighted by Crippen LogP contribution is -2.34. The summed E-state index contributed by atoms with van der Waals surface area (Å²) in [6.45, 7) is -0.257. The molecule has 2 aromatic rings. The molecule has 0 fully saturated rings. The highest BCUT2D eigenvalue weighted by molar-refractivity contribution is 5.96. The number of rotatable bonds is 5. The first-order chi connectivity index (χ1) is 11.1. The van der Waals surface area contributed by atoms with E-state index in [-0.39, 0.29) is 18.0 Å². The minimum Gasteiger partial charge on any atom is -0.508 e. The van der Waals surface area contributed by atoms with Gasteiger partial charge in [0, 0.05) is 24.0 Å². The number of phenolic OH excluding ortho intramolecular Hbond substituents is 2. The van der Waals surface area contributed by atoms with Crippen molar-refractivity contribution in [3.63, 3.8) is 0 Å². The second-order valence-electron chi connectivity index (χ2n) is 4.46. The largest absolute Gasteiger partial charge is 0.508 e. The van der Waals surface area contributed by atoms with E-state index in [1.807, 2.05) is 0 Å². The Morgan fingerprint density at radius 3 is 2.78 bits per heavy atom. The van der Waals surface area contributed by atoms with Crippen LogP contribution in [0, 0.1) is 0 Å². The summed E-state index contributed by atoms with van der Waals surface area (Å²) in [6, 6.07) is 7.15. The molecule has 1 aromatic heterocycles.